The van der Waals surface area contributed by atoms with E-state index in [4.69, 9.17) is 0 Å². The van der Waals surface area contributed by atoms with Gasteiger partial charge >= 0.3 is 0 Å². The van der Waals surface area contributed by atoms with Crippen molar-refractivity contribution >= 4 is 11.7 Å². The van der Waals surface area contributed by atoms with Crippen LogP contribution < -0.4 is 10.6 Å². The molecule has 1 aromatic heterocycles. The molecule has 2 unspecified atom stereocenters. The molecule has 1 aromatic rings. The van der Waals surface area contributed by atoms with Crippen molar-refractivity contribution < 1.29 is 4.79 Å². The molecule has 1 aliphatic heterocycles. The van der Waals surface area contributed by atoms with Crippen molar-refractivity contribution in [3.05, 3.63) is 18.1 Å². The van der Waals surface area contributed by atoms with Gasteiger partial charge in [-0.1, -0.05) is 13.8 Å². The highest BCUT2D eigenvalue weighted by atomic mass is 16.1. The van der Waals surface area contributed by atoms with Crippen LogP contribution in [0.3, 0.4) is 0 Å². The Hall–Kier alpha value is -1.69. The molecule has 2 rings (SSSR count). The molecule has 21 heavy (non-hydrogen) atoms. The number of aromatic nitrogens is 2. The molecule has 0 saturated carbocycles. The minimum absolute atomic E-state index is 0.133. The Morgan fingerprint density at radius 2 is 2.24 bits per heavy atom. The zero-order chi connectivity index (χ0) is 15.2. The summed E-state index contributed by atoms with van der Waals surface area (Å²) in [4.78, 5) is 22.9. The van der Waals surface area contributed by atoms with Crippen molar-refractivity contribution in [2.45, 2.75) is 32.7 Å². The fraction of sp³-hybridized carbons (Fsp3) is 0.667. The van der Waals surface area contributed by atoms with Crippen molar-refractivity contribution in [2.75, 3.05) is 32.0 Å². The number of rotatable bonds is 5. The molecule has 0 aromatic carbocycles. The maximum Gasteiger partial charge on any atom is 0.271 e. The monoisotopic (exact) mass is 291 g/mol. The smallest absolute Gasteiger partial charge is 0.271 e. The van der Waals surface area contributed by atoms with Crippen LogP contribution in [0.1, 0.15) is 37.2 Å². The Labute approximate surface area is 126 Å². The summed E-state index contributed by atoms with van der Waals surface area (Å²) < 4.78 is 0. The van der Waals surface area contributed by atoms with Crippen molar-refractivity contribution in [3.63, 3.8) is 0 Å². The van der Waals surface area contributed by atoms with Crippen molar-refractivity contribution in [2.24, 2.45) is 5.92 Å². The topological polar surface area (TPSA) is 70.2 Å². The summed E-state index contributed by atoms with van der Waals surface area (Å²) in [5.74, 6) is 1.03. The minimum atomic E-state index is -0.133. The average Bonchev–Trinajstić information content (AvgIpc) is 2.48. The van der Waals surface area contributed by atoms with E-state index in [9.17, 15) is 4.79 Å². The van der Waals surface area contributed by atoms with Gasteiger partial charge in [-0.25, -0.2) is 9.97 Å². The first kappa shape index (κ1) is 15.7. The van der Waals surface area contributed by atoms with Crippen molar-refractivity contribution in [1.82, 2.24) is 20.2 Å². The number of hydrogen-bond acceptors (Lipinski definition) is 5. The summed E-state index contributed by atoms with van der Waals surface area (Å²) in [6.45, 7) is 7.14. The van der Waals surface area contributed by atoms with E-state index < -0.39 is 0 Å². The zero-order valence-corrected chi connectivity index (χ0v) is 13.1. The molecular formula is C15H25N5O. The van der Waals surface area contributed by atoms with E-state index in [1.807, 2.05) is 0 Å². The summed E-state index contributed by atoms with van der Waals surface area (Å²) in [6.07, 6.45) is 5.15. The summed E-state index contributed by atoms with van der Waals surface area (Å²) in [6, 6.07) is 0.216. The molecule has 1 saturated heterocycles. The first-order chi connectivity index (χ1) is 10.1. The third kappa shape index (κ3) is 4.39. The first-order valence-corrected chi connectivity index (χ1v) is 7.65. The lowest BCUT2D eigenvalue weighted by atomic mass is 9.94. The molecular weight excluding hydrogens is 266 g/mol. The summed E-state index contributed by atoms with van der Waals surface area (Å²) >= 11 is 0. The number of nitrogens with one attached hydrogen (secondary N) is 2. The molecule has 2 heterocycles. The highest BCUT2D eigenvalue weighted by Crippen LogP contribution is 2.15. The average molecular weight is 291 g/mol. The number of nitrogens with zero attached hydrogens (tertiary/aromatic N) is 3. The van der Waals surface area contributed by atoms with Gasteiger partial charge in [0.1, 0.15) is 11.5 Å². The van der Waals surface area contributed by atoms with E-state index in [2.05, 4.69) is 46.4 Å². The molecule has 0 aliphatic carbocycles. The molecule has 0 spiro atoms. The molecule has 6 nitrogen and oxygen atoms in total. The quantitative estimate of drug-likeness (QED) is 0.857. The third-order valence-electron chi connectivity index (χ3n) is 3.87. The maximum atomic E-state index is 12.2. The molecule has 0 radical (unpaired) electrons. The van der Waals surface area contributed by atoms with Gasteiger partial charge in [0, 0.05) is 19.1 Å². The lowest BCUT2D eigenvalue weighted by Crippen LogP contribution is -2.49. The van der Waals surface area contributed by atoms with Crippen LogP contribution in [0.4, 0.5) is 5.82 Å². The van der Waals surface area contributed by atoms with Crippen molar-refractivity contribution in [3.8, 4) is 0 Å². The van der Waals surface area contributed by atoms with E-state index in [-0.39, 0.29) is 11.9 Å². The number of amides is 1. The summed E-state index contributed by atoms with van der Waals surface area (Å²) in [5, 5.41) is 6.22. The van der Waals surface area contributed by atoms with Gasteiger partial charge in [0.05, 0.1) is 12.4 Å². The van der Waals surface area contributed by atoms with Crippen molar-refractivity contribution in [1.29, 1.82) is 0 Å². The van der Waals surface area contributed by atoms with Gasteiger partial charge in [0.2, 0.25) is 0 Å². The van der Waals surface area contributed by atoms with E-state index in [0.29, 0.717) is 17.4 Å². The third-order valence-corrected chi connectivity index (χ3v) is 3.87. The number of likely N-dealkylation sites (tertiary alicyclic amines) is 1. The molecule has 6 heteroatoms. The van der Waals surface area contributed by atoms with Gasteiger partial charge in [-0.05, 0) is 32.4 Å². The SMILES string of the molecule is CCCNc1cnc(C(=O)NC2CCN(C)CC2C)cn1. The second kappa shape index (κ2) is 7.36. The lowest BCUT2D eigenvalue weighted by Gasteiger charge is -2.35. The van der Waals surface area contributed by atoms with Gasteiger partial charge in [-0.2, -0.15) is 0 Å². The maximum absolute atomic E-state index is 12.2. The number of carbonyl (C=O) groups excluding carboxylic acids is 1. The fourth-order valence-electron chi connectivity index (χ4n) is 2.60. The number of hydrogen-bond donors (Lipinski definition) is 2. The van der Waals surface area contributed by atoms with Crippen LogP contribution in [0, 0.1) is 5.92 Å². The zero-order valence-electron chi connectivity index (χ0n) is 13.1. The predicted octanol–water partition coefficient (Wildman–Crippen LogP) is 1.37. The van der Waals surface area contributed by atoms with Crippen LogP contribution in [-0.2, 0) is 0 Å². The predicted molar refractivity (Wildman–Crippen MR) is 83.3 cm³/mol. The normalized spacial score (nSPS) is 22.8. The molecule has 2 N–H and O–H groups in total. The van der Waals surface area contributed by atoms with E-state index in [1.54, 1.807) is 6.20 Å². The molecule has 116 valence electrons. The van der Waals surface area contributed by atoms with Crippen LogP contribution in [0.5, 0.6) is 0 Å². The lowest BCUT2D eigenvalue weighted by molar-refractivity contribution is 0.0878. The Kier molecular flexibility index (Phi) is 5.50. The van der Waals surface area contributed by atoms with Gasteiger partial charge in [-0.3, -0.25) is 4.79 Å². The van der Waals surface area contributed by atoms with Crippen LogP contribution >= 0.6 is 0 Å². The largest absolute Gasteiger partial charge is 0.369 e. The van der Waals surface area contributed by atoms with E-state index >= 15 is 0 Å². The summed E-state index contributed by atoms with van der Waals surface area (Å²) in [7, 11) is 2.11. The number of carbonyl (C=O) groups is 1. The molecule has 1 fully saturated rings. The second-order valence-electron chi connectivity index (χ2n) is 5.82. The van der Waals surface area contributed by atoms with Crippen LogP contribution in [0.15, 0.2) is 12.4 Å². The molecule has 2 atom stereocenters. The second-order valence-corrected chi connectivity index (χ2v) is 5.82. The van der Waals surface area contributed by atoms with Gasteiger partial charge in [0.15, 0.2) is 0 Å². The highest BCUT2D eigenvalue weighted by Gasteiger charge is 2.26. The fourth-order valence-corrected chi connectivity index (χ4v) is 2.60. The number of anilines is 1. The molecule has 1 aliphatic rings. The number of piperidine rings is 1. The Bertz CT molecular complexity index is 462. The molecule has 1 amide bonds. The van der Waals surface area contributed by atoms with Gasteiger partial charge in [0.25, 0.3) is 5.91 Å². The van der Waals surface area contributed by atoms with Gasteiger partial charge in [-0.15, -0.1) is 0 Å². The highest BCUT2D eigenvalue weighted by molar-refractivity contribution is 5.92. The standard InChI is InChI=1S/C15H25N5O/c1-4-6-16-14-9-17-13(8-18-14)15(21)19-12-5-7-20(3)10-11(12)2/h8-9,11-12H,4-7,10H2,1-3H3,(H,16,18)(H,19,21). The Morgan fingerprint density at radius 3 is 2.86 bits per heavy atom. The first-order valence-electron chi connectivity index (χ1n) is 7.65. The van der Waals surface area contributed by atoms with Crippen LogP contribution in [-0.4, -0.2) is 53.5 Å². The van der Waals surface area contributed by atoms with Gasteiger partial charge < -0.3 is 15.5 Å². The van der Waals surface area contributed by atoms with Crippen LogP contribution in [0.2, 0.25) is 0 Å². The van der Waals surface area contributed by atoms with E-state index in [0.717, 1.165) is 32.5 Å². The molecule has 0 bridgehead atoms. The Balaban J connectivity index is 1.91. The summed E-state index contributed by atoms with van der Waals surface area (Å²) in [5.41, 5.74) is 0.378. The minimum Gasteiger partial charge on any atom is -0.369 e. The van der Waals surface area contributed by atoms with Crippen LogP contribution in [0.25, 0.3) is 0 Å². The Morgan fingerprint density at radius 1 is 1.43 bits per heavy atom. The van der Waals surface area contributed by atoms with E-state index in [1.165, 1.54) is 6.20 Å².